The first kappa shape index (κ1) is 31.5. The number of aryl methyl sites for hydroxylation is 1. The normalized spacial score (nSPS) is 16.2. The number of benzene rings is 1. The number of nitrogens with one attached hydrogen (secondary N) is 1. The summed E-state index contributed by atoms with van der Waals surface area (Å²) in [5.41, 5.74) is 3.83. The summed E-state index contributed by atoms with van der Waals surface area (Å²) in [5, 5.41) is 3.24. The monoisotopic (exact) mass is 629 g/mol. The van der Waals surface area contributed by atoms with Crippen LogP contribution in [0.2, 0.25) is 0 Å². The third-order valence-electron chi connectivity index (χ3n) is 7.97. The Morgan fingerprint density at radius 1 is 1.30 bits per heavy atom. The number of pyridine rings is 1. The van der Waals surface area contributed by atoms with Crippen molar-refractivity contribution in [1.29, 1.82) is 0 Å². The van der Waals surface area contributed by atoms with Crippen LogP contribution in [-0.4, -0.2) is 101 Å². The predicted octanol–water partition coefficient (Wildman–Crippen LogP) is 3.37. The smallest absolute Gasteiger partial charge is 0.495 e. The minimum atomic E-state index is -4.34. The molecule has 3 heterocycles. The van der Waals surface area contributed by atoms with Gasteiger partial charge in [0.05, 0.1) is 24.1 Å². The van der Waals surface area contributed by atoms with Crippen molar-refractivity contribution in [2.24, 2.45) is 7.05 Å². The predicted molar refractivity (Wildman–Crippen MR) is 165 cm³/mol. The molecule has 5 rings (SSSR count). The van der Waals surface area contributed by atoms with Crippen molar-refractivity contribution in [2.45, 2.75) is 38.3 Å². The van der Waals surface area contributed by atoms with E-state index >= 15 is 0 Å². The Balaban J connectivity index is 1.29. The number of amides is 1. The second-order valence-electron chi connectivity index (χ2n) is 11.2. The Kier molecular flexibility index (Phi) is 9.05. The van der Waals surface area contributed by atoms with Crippen molar-refractivity contribution in [2.75, 3.05) is 51.8 Å². The van der Waals surface area contributed by atoms with Crippen LogP contribution >= 0.6 is 0 Å². The first-order chi connectivity index (χ1) is 20.9. The van der Waals surface area contributed by atoms with E-state index in [0.29, 0.717) is 77.7 Å². The number of carbonyl (C=O) groups is 1. The number of fused-ring (bicyclic) bond motifs is 2. The largest absolute Gasteiger partial charge is 0.505 e. The number of rotatable bonds is 14. The van der Waals surface area contributed by atoms with Crippen molar-refractivity contribution >= 4 is 51.4 Å². The van der Waals surface area contributed by atoms with Gasteiger partial charge in [0.2, 0.25) is 0 Å². The van der Waals surface area contributed by atoms with E-state index in [4.69, 9.17) is 24.0 Å². The lowest BCUT2D eigenvalue weighted by atomic mass is 10.0. The van der Waals surface area contributed by atoms with Crippen LogP contribution in [0.4, 0.5) is 10.1 Å². The van der Waals surface area contributed by atoms with Crippen LogP contribution in [-0.2, 0) is 28.5 Å². The fraction of sp³-hybridized carbons (Fsp3) is 0.467. The van der Waals surface area contributed by atoms with Crippen LogP contribution in [0, 0.1) is 0 Å². The number of anilines is 1. The molecule has 1 aliphatic carbocycles. The standard InChI is InChI=1S/C30H37FN6O6S/c1-20(17-21-7-5-8-25(42-4)26(21)32-19-30(31)10-11-30)27-34-24-18-22-23(33-28(24)36(27)3)9-13-37(29(22)38)12-6-15-43-16-14-35(2)44(39,40)41/h5,7-8,17-18H,2,6,9-16,19H2,1,3-4H3,(H-,32,34,39,40,41)/p+1. The Bertz CT molecular complexity index is 1730. The van der Waals surface area contributed by atoms with Crippen molar-refractivity contribution in [3.05, 3.63) is 46.9 Å². The number of carbonyl (C=O) groups excluding carboxylic acids is 1. The van der Waals surface area contributed by atoms with Crippen LogP contribution in [0.1, 0.15) is 53.6 Å². The Hall–Kier alpha value is -3.88. The molecule has 44 heavy (non-hydrogen) atoms. The Morgan fingerprint density at radius 2 is 2.07 bits per heavy atom. The summed E-state index contributed by atoms with van der Waals surface area (Å²) in [6.07, 6.45) is 4.26. The highest BCUT2D eigenvalue weighted by molar-refractivity contribution is 7.79. The van der Waals surface area contributed by atoms with Crippen molar-refractivity contribution in [3.63, 3.8) is 0 Å². The summed E-state index contributed by atoms with van der Waals surface area (Å²) in [4.78, 5) is 24.7. The van der Waals surface area contributed by atoms with Gasteiger partial charge in [0, 0.05) is 45.3 Å². The highest BCUT2D eigenvalue weighted by Gasteiger charge is 2.43. The SMILES string of the molecule is C=[N+](CCOCCCN1CCc2nc3c(cc2C1=O)nc(/C(C)=C/c1cccc(OC)c1NCC1(F)CC1)n3C)S(=O)(=O)O. The molecule has 14 heteroatoms. The maximum Gasteiger partial charge on any atom is 0.505 e. The molecule has 1 saturated carbocycles. The zero-order valence-corrected chi connectivity index (χ0v) is 26.0. The number of imidazole rings is 1. The second kappa shape index (κ2) is 12.6. The van der Waals surface area contributed by atoms with Crippen LogP contribution < -0.4 is 10.1 Å². The molecule has 1 aromatic carbocycles. The van der Waals surface area contributed by atoms with Crippen molar-refractivity contribution in [3.8, 4) is 5.75 Å². The zero-order chi connectivity index (χ0) is 31.6. The van der Waals surface area contributed by atoms with Crippen molar-refractivity contribution < 1.29 is 35.6 Å². The number of aromatic nitrogens is 3. The van der Waals surface area contributed by atoms with E-state index in [1.54, 1.807) is 18.1 Å². The number of alkyl halides is 1. The number of halogens is 1. The van der Waals surface area contributed by atoms with Crippen molar-refractivity contribution in [1.82, 2.24) is 19.4 Å². The summed E-state index contributed by atoms with van der Waals surface area (Å²) < 4.78 is 58.7. The van der Waals surface area contributed by atoms with E-state index in [0.717, 1.165) is 22.5 Å². The van der Waals surface area contributed by atoms with Gasteiger partial charge < -0.3 is 24.3 Å². The van der Waals surface area contributed by atoms with Gasteiger partial charge in [0.1, 0.15) is 36.1 Å². The number of ether oxygens (including phenoxy) is 2. The number of hydrogen-bond acceptors (Lipinski definition) is 8. The van der Waals surface area contributed by atoms with E-state index in [2.05, 4.69) is 12.0 Å². The molecule has 0 atom stereocenters. The number of methoxy groups -OCH3 is 1. The summed E-state index contributed by atoms with van der Waals surface area (Å²) in [7, 11) is -0.854. The van der Waals surface area contributed by atoms with E-state index < -0.39 is 16.0 Å². The van der Waals surface area contributed by atoms with Gasteiger partial charge in [0.15, 0.2) is 12.2 Å². The number of para-hydroxylation sites is 1. The summed E-state index contributed by atoms with van der Waals surface area (Å²) >= 11 is 0. The molecule has 0 unspecified atom stereocenters. The van der Waals surface area contributed by atoms with Gasteiger partial charge in [-0.15, -0.1) is 12.4 Å². The molecule has 2 aliphatic rings. The van der Waals surface area contributed by atoms with Gasteiger partial charge in [-0.2, -0.15) is 0 Å². The fourth-order valence-electron chi connectivity index (χ4n) is 5.23. The molecule has 236 valence electrons. The molecule has 1 fully saturated rings. The molecule has 3 aromatic rings. The lowest BCUT2D eigenvalue weighted by Gasteiger charge is -2.28. The van der Waals surface area contributed by atoms with Gasteiger partial charge in [-0.3, -0.25) is 4.79 Å². The van der Waals surface area contributed by atoms with E-state index in [1.807, 2.05) is 42.8 Å². The highest BCUT2D eigenvalue weighted by Crippen LogP contribution is 2.41. The molecule has 2 aromatic heterocycles. The Morgan fingerprint density at radius 3 is 2.77 bits per heavy atom. The van der Waals surface area contributed by atoms with Gasteiger partial charge in [-0.25, -0.2) is 18.9 Å². The average molecular weight is 630 g/mol. The van der Waals surface area contributed by atoms with E-state index in [1.165, 1.54) is 0 Å². The molecular weight excluding hydrogens is 591 g/mol. The quantitative estimate of drug-likeness (QED) is 0.119. The number of hydrogen-bond donors (Lipinski definition) is 2. The van der Waals surface area contributed by atoms with Gasteiger partial charge in [-0.05, 0) is 50.0 Å². The summed E-state index contributed by atoms with van der Waals surface area (Å²) in [6.45, 7) is 6.73. The molecule has 2 N–H and O–H groups in total. The molecule has 12 nitrogen and oxygen atoms in total. The number of nitrogens with zero attached hydrogens (tertiary/aromatic N) is 5. The van der Waals surface area contributed by atoms with Crippen LogP contribution in [0.5, 0.6) is 5.75 Å². The summed E-state index contributed by atoms with van der Waals surface area (Å²) in [5.74, 6) is 1.21. The molecule has 0 spiro atoms. The highest BCUT2D eigenvalue weighted by atomic mass is 32.2. The Labute approximate surface area is 256 Å². The van der Waals surface area contributed by atoms with Gasteiger partial charge in [0.25, 0.3) is 5.91 Å². The molecular formula is C30H38FN6O6S+. The average Bonchev–Trinajstić information content (AvgIpc) is 3.64. The molecule has 1 aliphatic heterocycles. The molecule has 0 saturated heterocycles. The number of allylic oxidation sites excluding steroid dienone is 1. The van der Waals surface area contributed by atoms with Crippen LogP contribution in [0.15, 0.2) is 24.3 Å². The first-order valence-electron chi connectivity index (χ1n) is 14.5. The van der Waals surface area contributed by atoms with Crippen LogP contribution in [0.3, 0.4) is 0 Å². The molecule has 0 bridgehead atoms. The molecule has 1 amide bonds. The second-order valence-corrected chi connectivity index (χ2v) is 12.6. The zero-order valence-electron chi connectivity index (χ0n) is 25.2. The topological polar surface area (TPSA) is 139 Å². The third kappa shape index (κ3) is 6.92. The summed E-state index contributed by atoms with van der Waals surface area (Å²) in [6, 6.07) is 7.47. The van der Waals surface area contributed by atoms with Gasteiger partial charge in [-0.1, -0.05) is 12.1 Å². The lowest BCUT2D eigenvalue weighted by molar-refractivity contribution is -0.372. The maximum atomic E-state index is 14.4. The third-order valence-corrected chi connectivity index (χ3v) is 8.80. The van der Waals surface area contributed by atoms with Gasteiger partial charge >= 0.3 is 10.3 Å². The molecule has 0 radical (unpaired) electrons. The fourth-order valence-corrected chi connectivity index (χ4v) is 5.53. The van der Waals surface area contributed by atoms with Crippen LogP contribution in [0.25, 0.3) is 22.8 Å². The minimum absolute atomic E-state index is 0.0748. The van der Waals surface area contributed by atoms with E-state index in [-0.39, 0.29) is 25.6 Å². The first-order valence-corrected chi connectivity index (χ1v) is 15.9. The van der Waals surface area contributed by atoms with E-state index in [9.17, 15) is 17.6 Å². The minimum Gasteiger partial charge on any atom is -0.495 e. The lowest BCUT2D eigenvalue weighted by Crippen LogP contribution is -2.39. The maximum absolute atomic E-state index is 14.4.